The molecule has 3 atom stereocenters. The Bertz CT molecular complexity index is 221. The van der Waals surface area contributed by atoms with E-state index in [0.29, 0.717) is 0 Å². The lowest BCUT2D eigenvalue weighted by atomic mass is 10.1. The van der Waals surface area contributed by atoms with Gasteiger partial charge in [-0.2, -0.15) is 5.10 Å². The van der Waals surface area contributed by atoms with Gasteiger partial charge in [0.25, 0.3) is 0 Å². The number of hydrogen-bond donors (Lipinski definition) is 6. The van der Waals surface area contributed by atoms with Crippen LogP contribution in [-0.4, -0.2) is 57.5 Å². The highest BCUT2D eigenvalue weighted by Crippen LogP contribution is 1.97. The van der Waals surface area contributed by atoms with Crippen molar-refractivity contribution >= 4 is 24.6 Å². The van der Waals surface area contributed by atoms with E-state index in [1.165, 1.54) is 0 Å². The van der Waals surface area contributed by atoms with Crippen LogP contribution in [0.15, 0.2) is 10.2 Å². The molecule has 3 unspecified atom stereocenters. The molecule has 0 aliphatic carbocycles. The van der Waals surface area contributed by atoms with Gasteiger partial charge in [-0.15, -0.1) is 17.5 Å². The van der Waals surface area contributed by atoms with Crippen LogP contribution in [0.3, 0.4) is 0 Å². The topological polar surface area (TPSA) is 158 Å². The molecule has 0 aromatic rings. The average molecular weight is 243 g/mol. The maximum absolute atomic E-state index is 9.11. The Morgan fingerprint density at radius 1 is 1.27 bits per heavy atom. The van der Waals surface area contributed by atoms with Crippen molar-refractivity contribution in [3.05, 3.63) is 0 Å². The molecule has 90 valence electrons. The third-order valence-corrected chi connectivity index (χ3v) is 1.32. The Hall–Kier alpha value is -0.930. The van der Waals surface area contributed by atoms with Crippen molar-refractivity contribution in [3.8, 4) is 0 Å². The Morgan fingerprint density at radius 2 is 1.80 bits per heavy atom. The second kappa shape index (κ2) is 8.38. The molecule has 0 spiro atoms. The summed E-state index contributed by atoms with van der Waals surface area (Å²) in [6, 6.07) is 0. The summed E-state index contributed by atoms with van der Waals surface area (Å²) in [5, 5.41) is 41.9. The Morgan fingerprint density at radius 3 is 2.20 bits per heavy atom. The van der Waals surface area contributed by atoms with Gasteiger partial charge >= 0.3 is 0 Å². The monoisotopic (exact) mass is 242 g/mol. The van der Waals surface area contributed by atoms with Gasteiger partial charge in [-0.3, -0.25) is 0 Å². The lowest BCUT2D eigenvalue weighted by molar-refractivity contribution is -0.0541. The summed E-state index contributed by atoms with van der Waals surface area (Å²) in [4.78, 5) is 0. The van der Waals surface area contributed by atoms with E-state index in [9.17, 15) is 0 Å². The summed E-state index contributed by atoms with van der Waals surface area (Å²) in [7, 11) is 0. The van der Waals surface area contributed by atoms with E-state index < -0.39 is 24.9 Å². The first-order valence-corrected chi connectivity index (χ1v) is 3.76. The highest BCUT2D eigenvalue weighted by Gasteiger charge is 2.22. The zero-order valence-corrected chi connectivity index (χ0v) is 8.58. The van der Waals surface area contributed by atoms with Crippen molar-refractivity contribution in [1.29, 1.82) is 0 Å². The fourth-order valence-corrected chi connectivity index (χ4v) is 0.592. The van der Waals surface area contributed by atoms with Crippen LogP contribution in [0.4, 0.5) is 0 Å². The van der Waals surface area contributed by atoms with Crippen molar-refractivity contribution in [2.24, 2.45) is 21.7 Å². The number of rotatable bonds is 5. The van der Waals surface area contributed by atoms with Crippen LogP contribution in [-0.2, 0) is 0 Å². The predicted octanol–water partition coefficient (Wildman–Crippen LogP) is -3.26. The van der Waals surface area contributed by atoms with Gasteiger partial charge in [-0.1, -0.05) is 0 Å². The smallest absolute Gasteiger partial charge is 0.211 e. The number of aliphatic hydroxyl groups is 4. The Labute approximate surface area is 92.3 Å². The lowest BCUT2D eigenvalue weighted by Crippen LogP contribution is -2.40. The molecule has 0 fully saturated rings. The highest BCUT2D eigenvalue weighted by atomic mass is 35.5. The number of nitrogens with zero attached hydrogens (tertiary/aromatic N) is 2. The third-order valence-electron chi connectivity index (χ3n) is 1.32. The van der Waals surface area contributed by atoms with Crippen LogP contribution in [0.25, 0.3) is 0 Å². The maximum atomic E-state index is 9.11. The zero-order chi connectivity index (χ0) is 11.1. The van der Waals surface area contributed by atoms with Gasteiger partial charge in [0.15, 0.2) is 0 Å². The number of halogens is 1. The fourth-order valence-electron chi connectivity index (χ4n) is 0.592. The third kappa shape index (κ3) is 7.05. The Kier molecular flexibility index (Phi) is 9.22. The summed E-state index contributed by atoms with van der Waals surface area (Å²) in [6.45, 7) is -0.672. The largest absolute Gasteiger partial charge is 0.394 e. The summed E-state index contributed by atoms with van der Waals surface area (Å²) in [5.74, 6) is -0.300. The average Bonchev–Trinajstić information content (AvgIpc) is 2.14. The van der Waals surface area contributed by atoms with Gasteiger partial charge in [0, 0.05) is 0 Å². The molecule has 0 heterocycles. The molecular weight excluding hydrogens is 228 g/mol. The first-order chi connectivity index (χ1) is 6.49. The molecule has 0 aromatic carbocycles. The molecular formula is C6H15ClN4O4. The van der Waals surface area contributed by atoms with Crippen molar-refractivity contribution < 1.29 is 20.4 Å². The summed E-state index contributed by atoms with van der Waals surface area (Å²) >= 11 is 0. The first kappa shape index (κ1) is 16.5. The van der Waals surface area contributed by atoms with Gasteiger partial charge < -0.3 is 31.9 Å². The van der Waals surface area contributed by atoms with Gasteiger partial charge in [-0.05, 0) is 0 Å². The lowest BCUT2D eigenvalue weighted by Gasteiger charge is -2.17. The summed E-state index contributed by atoms with van der Waals surface area (Å²) in [5.41, 5.74) is 9.84. The molecule has 15 heavy (non-hydrogen) atoms. The normalized spacial score (nSPS) is 16.5. The van der Waals surface area contributed by atoms with E-state index in [-0.39, 0.29) is 18.4 Å². The summed E-state index contributed by atoms with van der Waals surface area (Å²) in [6.07, 6.45) is -3.61. The fraction of sp³-hybridized carbons (Fsp3) is 0.667. The number of aliphatic hydroxyl groups excluding tert-OH is 4. The minimum Gasteiger partial charge on any atom is -0.394 e. The molecule has 0 aromatic heterocycles. The quantitative estimate of drug-likeness (QED) is 0.169. The molecule has 0 amide bonds. The maximum Gasteiger partial charge on any atom is 0.211 e. The highest BCUT2D eigenvalue weighted by molar-refractivity contribution is 5.85. The van der Waals surface area contributed by atoms with Crippen LogP contribution < -0.4 is 11.5 Å². The second-order valence-electron chi connectivity index (χ2n) is 2.52. The van der Waals surface area contributed by atoms with Crippen molar-refractivity contribution in [2.45, 2.75) is 18.3 Å². The van der Waals surface area contributed by atoms with Gasteiger partial charge in [0.05, 0.1) is 12.8 Å². The molecule has 9 heteroatoms. The molecule has 8 N–H and O–H groups in total. The van der Waals surface area contributed by atoms with Crippen molar-refractivity contribution in [3.63, 3.8) is 0 Å². The van der Waals surface area contributed by atoms with Crippen molar-refractivity contribution in [2.75, 3.05) is 6.61 Å². The van der Waals surface area contributed by atoms with Crippen LogP contribution >= 0.6 is 12.4 Å². The van der Waals surface area contributed by atoms with E-state index in [1.807, 2.05) is 0 Å². The van der Waals surface area contributed by atoms with Crippen LogP contribution in [0.1, 0.15) is 0 Å². The van der Waals surface area contributed by atoms with Gasteiger partial charge in [0.2, 0.25) is 5.96 Å². The molecule has 0 saturated carbocycles. The molecule has 0 radical (unpaired) electrons. The molecule has 0 rings (SSSR count). The van der Waals surface area contributed by atoms with Crippen molar-refractivity contribution in [1.82, 2.24) is 0 Å². The second-order valence-corrected chi connectivity index (χ2v) is 2.52. The minimum atomic E-state index is -1.54. The number of hydrogen-bond acceptors (Lipinski definition) is 6. The molecule has 0 aliphatic heterocycles. The molecule has 0 aliphatic rings. The number of guanidine groups is 1. The zero-order valence-electron chi connectivity index (χ0n) is 7.76. The standard InChI is InChI=1S/C6H14N4O4.ClH/c7-6(8)10-9-1-3(12)5(14)4(13)2-11;/h1,3-5,11-14H,2H2,(H4,7,8,10);1H/b9-1-;. The first-order valence-electron chi connectivity index (χ1n) is 3.76. The Balaban J connectivity index is 0. The van der Waals surface area contributed by atoms with E-state index in [1.54, 1.807) is 0 Å². The molecule has 0 saturated heterocycles. The van der Waals surface area contributed by atoms with E-state index in [4.69, 9.17) is 31.9 Å². The number of nitrogens with two attached hydrogens (primary N) is 2. The van der Waals surface area contributed by atoms with Gasteiger partial charge in [0.1, 0.15) is 18.3 Å². The van der Waals surface area contributed by atoms with Gasteiger partial charge in [-0.25, -0.2) is 0 Å². The van der Waals surface area contributed by atoms with Crippen LogP contribution in [0, 0.1) is 0 Å². The van der Waals surface area contributed by atoms with Crippen LogP contribution in [0.2, 0.25) is 0 Å². The van der Waals surface area contributed by atoms with Crippen LogP contribution in [0.5, 0.6) is 0 Å². The van der Waals surface area contributed by atoms with E-state index in [2.05, 4.69) is 10.2 Å². The van der Waals surface area contributed by atoms with E-state index in [0.717, 1.165) is 6.21 Å². The summed E-state index contributed by atoms with van der Waals surface area (Å²) < 4.78 is 0. The molecule has 8 nitrogen and oxygen atoms in total. The minimum absolute atomic E-state index is 0. The SMILES string of the molecule is Cl.NC(N)=N/N=C\C(O)C(O)C(O)CO. The van der Waals surface area contributed by atoms with E-state index >= 15 is 0 Å². The molecule has 0 bridgehead atoms. The predicted molar refractivity (Wildman–Crippen MR) is 56.7 cm³/mol.